The van der Waals surface area contributed by atoms with Crippen molar-refractivity contribution in [3.63, 3.8) is 0 Å². The van der Waals surface area contributed by atoms with E-state index in [0.717, 1.165) is 50.4 Å². The van der Waals surface area contributed by atoms with Crippen LogP contribution in [0, 0.1) is 12.8 Å². The number of aliphatic imine (C=N–C) groups is 1. The largest absolute Gasteiger partial charge is 0.493 e. The number of guanidine groups is 1. The third kappa shape index (κ3) is 8.76. The molecule has 1 aliphatic rings. The molecular formula is C19H32IN3O2. The van der Waals surface area contributed by atoms with Crippen molar-refractivity contribution >= 4 is 29.9 Å². The van der Waals surface area contributed by atoms with E-state index in [9.17, 15) is 0 Å². The Labute approximate surface area is 169 Å². The molecule has 25 heavy (non-hydrogen) atoms. The lowest BCUT2D eigenvalue weighted by Crippen LogP contribution is -2.37. The maximum Gasteiger partial charge on any atom is 0.191 e. The summed E-state index contributed by atoms with van der Waals surface area (Å²) in [7, 11) is 1.79. The Morgan fingerprint density at radius 1 is 1.28 bits per heavy atom. The predicted octanol–water partition coefficient (Wildman–Crippen LogP) is 3.49. The molecule has 0 radical (unpaired) electrons. The van der Waals surface area contributed by atoms with Gasteiger partial charge < -0.3 is 20.1 Å². The molecule has 5 nitrogen and oxygen atoms in total. The first-order chi connectivity index (χ1) is 11.7. The lowest BCUT2D eigenvalue weighted by Gasteiger charge is -2.15. The number of nitrogens with zero attached hydrogens (tertiary/aromatic N) is 1. The molecule has 0 spiro atoms. The lowest BCUT2D eigenvalue weighted by molar-refractivity contribution is 0.145. The number of hydrogen-bond donors (Lipinski definition) is 2. The number of benzene rings is 1. The molecule has 0 aromatic heterocycles. The Bertz CT molecular complexity index is 533. The number of halogens is 1. The molecule has 0 bridgehead atoms. The van der Waals surface area contributed by atoms with E-state index in [4.69, 9.17) is 9.47 Å². The summed E-state index contributed by atoms with van der Waals surface area (Å²) in [5.41, 5.74) is 2.39. The molecule has 1 saturated carbocycles. The summed E-state index contributed by atoms with van der Waals surface area (Å²) in [5, 5.41) is 6.67. The average Bonchev–Trinajstić information content (AvgIpc) is 3.41. The van der Waals surface area contributed by atoms with E-state index in [0.29, 0.717) is 6.54 Å². The fourth-order valence-electron chi connectivity index (χ4n) is 2.36. The first-order valence-electron chi connectivity index (χ1n) is 8.97. The molecule has 1 fully saturated rings. The Balaban J connectivity index is 0.00000312. The molecule has 2 N–H and O–H groups in total. The van der Waals surface area contributed by atoms with Crippen LogP contribution in [-0.2, 0) is 11.3 Å². The number of hydrogen-bond acceptors (Lipinski definition) is 3. The van der Waals surface area contributed by atoms with Crippen LogP contribution >= 0.6 is 24.0 Å². The molecule has 1 aromatic carbocycles. The van der Waals surface area contributed by atoms with Crippen LogP contribution in [0.1, 0.15) is 37.3 Å². The predicted molar refractivity (Wildman–Crippen MR) is 114 cm³/mol. The Hall–Kier alpha value is -1.02. The third-order valence-electron chi connectivity index (χ3n) is 4.03. The highest BCUT2D eigenvalue weighted by molar-refractivity contribution is 14.0. The number of ether oxygens (including phenoxy) is 2. The quantitative estimate of drug-likeness (QED) is 0.243. The number of aryl methyl sites for hydroxylation is 1. The van der Waals surface area contributed by atoms with Crippen LogP contribution in [0.15, 0.2) is 23.2 Å². The van der Waals surface area contributed by atoms with Crippen molar-refractivity contribution in [2.45, 2.75) is 39.7 Å². The van der Waals surface area contributed by atoms with E-state index in [1.807, 2.05) is 6.92 Å². The summed E-state index contributed by atoms with van der Waals surface area (Å²) in [6, 6.07) is 6.38. The molecule has 0 saturated heterocycles. The average molecular weight is 461 g/mol. The second kappa shape index (κ2) is 12.4. The van der Waals surface area contributed by atoms with E-state index in [1.165, 1.54) is 24.0 Å². The first kappa shape index (κ1) is 22.0. The van der Waals surface area contributed by atoms with Crippen molar-refractivity contribution in [3.8, 4) is 5.75 Å². The minimum absolute atomic E-state index is 0. The van der Waals surface area contributed by atoms with Gasteiger partial charge >= 0.3 is 0 Å². The van der Waals surface area contributed by atoms with Gasteiger partial charge in [0.2, 0.25) is 0 Å². The summed E-state index contributed by atoms with van der Waals surface area (Å²) in [6.07, 6.45) is 3.57. The normalized spacial score (nSPS) is 14.0. The number of nitrogens with one attached hydrogen (secondary N) is 2. The van der Waals surface area contributed by atoms with Crippen LogP contribution in [0.5, 0.6) is 5.75 Å². The molecule has 0 atom stereocenters. The molecule has 0 amide bonds. The lowest BCUT2D eigenvalue weighted by atomic mass is 10.1. The van der Waals surface area contributed by atoms with Gasteiger partial charge in [0.15, 0.2) is 5.96 Å². The van der Waals surface area contributed by atoms with Crippen molar-refractivity contribution < 1.29 is 9.47 Å². The Morgan fingerprint density at radius 2 is 2.08 bits per heavy atom. The third-order valence-corrected chi connectivity index (χ3v) is 4.03. The van der Waals surface area contributed by atoms with Gasteiger partial charge in [0.05, 0.1) is 6.61 Å². The van der Waals surface area contributed by atoms with Gasteiger partial charge in [0, 0.05) is 38.9 Å². The van der Waals surface area contributed by atoms with Crippen molar-refractivity contribution in [2.24, 2.45) is 10.9 Å². The number of rotatable bonds is 10. The second-order valence-corrected chi connectivity index (χ2v) is 6.27. The van der Waals surface area contributed by atoms with Gasteiger partial charge in [-0.1, -0.05) is 12.1 Å². The van der Waals surface area contributed by atoms with E-state index >= 15 is 0 Å². The van der Waals surface area contributed by atoms with Gasteiger partial charge in [-0.2, -0.15) is 0 Å². The fraction of sp³-hybridized carbons (Fsp3) is 0.632. The van der Waals surface area contributed by atoms with Gasteiger partial charge in [-0.3, -0.25) is 4.99 Å². The van der Waals surface area contributed by atoms with Crippen molar-refractivity contribution in [3.05, 3.63) is 29.3 Å². The maximum atomic E-state index is 6.02. The molecule has 0 aliphatic heterocycles. The Morgan fingerprint density at radius 3 is 2.76 bits per heavy atom. The molecular weight excluding hydrogens is 429 g/mol. The molecule has 0 heterocycles. The summed E-state index contributed by atoms with van der Waals surface area (Å²) in [5.74, 6) is 2.55. The zero-order valence-electron chi connectivity index (χ0n) is 15.6. The highest BCUT2D eigenvalue weighted by Crippen LogP contribution is 2.30. The zero-order chi connectivity index (χ0) is 17.2. The topological polar surface area (TPSA) is 54.9 Å². The molecule has 2 rings (SSSR count). The van der Waals surface area contributed by atoms with Crippen molar-refractivity contribution in [1.82, 2.24) is 10.6 Å². The molecule has 142 valence electrons. The van der Waals surface area contributed by atoms with Gasteiger partial charge in [-0.05, 0) is 50.7 Å². The van der Waals surface area contributed by atoms with Gasteiger partial charge in [0.25, 0.3) is 0 Å². The Kier molecular flexibility index (Phi) is 10.9. The van der Waals surface area contributed by atoms with Crippen LogP contribution in [-0.4, -0.2) is 39.4 Å². The fourth-order valence-corrected chi connectivity index (χ4v) is 2.36. The second-order valence-electron chi connectivity index (χ2n) is 6.27. The van der Waals surface area contributed by atoms with Crippen LogP contribution in [0.2, 0.25) is 0 Å². The van der Waals surface area contributed by atoms with Gasteiger partial charge in [-0.25, -0.2) is 0 Å². The summed E-state index contributed by atoms with van der Waals surface area (Å²) in [6.45, 7) is 8.03. The molecule has 6 heteroatoms. The minimum atomic E-state index is 0. The SMILES string of the molecule is CCOCCCNC(=NC)NCc1ccc(C)cc1OCC1CC1.I. The van der Waals surface area contributed by atoms with Crippen LogP contribution in [0.25, 0.3) is 0 Å². The molecule has 1 aliphatic carbocycles. The van der Waals surface area contributed by atoms with Crippen LogP contribution in [0.4, 0.5) is 0 Å². The maximum absolute atomic E-state index is 6.02. The van der Waals surface area contributed by atoms with Crippen molar-refractivity contribution in [2.75, 3.05) is 33.4 Å². The summed E-state index contributed by atoms with van der Waals surface area (Å²) >= 11 is 0. The van der Waals surface area contributed by atoms with Crippen molar-refractivity contribution in [1.29, 1.82) is 0 Å². The summed E-state index contributed by atoms with van der Waals surface area (Å²) in [4.78, 5) is 4.27. The minimum Gasteiger partial charge on any atom is -0.493 e. The van der Waals surface area contributed by atoms with Gasteiger partial charge in [0.1, 0.15) is 5.75 Å². The standard InChI is InChI=1S/C19H31N3O2.HI/c1-4-23-11-5-10-21-19(20-3)22-13-17-9-6-15(2)12-18(17)24-14-16-7-8-16;/h6,9,12,16H,4-5,7-8,10-11,13-14H2,1-3H3,(H2,20,21,22);1H. The van der Waals surface area contributed by atoms with Crippen LogP contribution in [0.3, 0.4) is 0 Å². The van der Waals surface area contributed by atoms with E-state index < -0.39 is 0 Å². The summed E-state index contributed by atoms with van der Waals surface area (Å²) < 4.78 is 11.4. The van der Waals surface area contributed by atoms with Gasteiger partial charge in [-0.15, -0.1) is 24.0 Å². The monoisotopic (exact) mass is 461 g/mol. The van der Waals surface area contributed by atoms with E-state index in [-0.39, 0.29) is 24.0 Å². The zero-order valence-corrected chi connectivity index (χ0v) is 18.0. The van der Waals surface area contributed by atoms with Crippen LogP contribution < -0.4 is 15.4 Å². The molecule has 1 aromatic rings. The highest BCUT2D eigenvalue weighted by Gasteiger charge is 2.22. The van der Waals surface area contributed by atoms with E-state index in [2.05, 4.69) is 40.7 Å². The van der Waals surface area contributed by atoms with E-state index in [1.54, 1.807) is 7.05 Å². The highest BCUT2D eigenvalue weighted by atomic mass is 127. The molecule has 0 unspecified atom stereocenters. The smallest absolute Gasteiger partial charge is 0.191 e. The first-order valence-corrected chi connectivity index (χ1v) is 8.97.